The summed E-state index contributed by atoms with van der Waals surface area (Å²) in [4.78, 5) is 44.1. The van der Waals surface area contributed by atoms with Crippen molar-refractivity contribution in [1.29, 1.82) is 5.26 Å². The van der Waals surface area contributed by atoms with Gasteiger partial charge in [0.1, 0.15) is 11.8 Å². The van der Waals surface area contributed by atoms with Crippen molar-refractivity contribution in [2.24, 2.45) is 0 Å². The van der Waals surface area contributed by atoms with Gasteiger partial charge in [-0.05, 0) is 28.1 Å². The Morgan fingerprint density at radius 1 is 1.28 bits per heavy atom. The van der Waals surface area contributed by atoms with Crippen LogP contribution in [-0.2, 0) is 0 Å². The molecule has 2 N–H and O–H groups in total. The van der Waals surface area contributed by atoms with Gasteiger partial charge in [0.05, 0.1) is 21.4 Å². The predicted octanol–water partition coefficient (Wildman–Crippen LogP) is 2.21. The Hall–Kier alpha value is -3.23. The second kappa shape index (κ2) is 8.02. The van der Waals surface area contributed by atoms with Gasteiger partial charge < -0.3 is 9.72 Å². The van der Waals surface area contributed by atoms with E-state index in [0.29, 0.717) is 10.2 Å². The largest absolute Gasteiger partial charge is 0.435 e. The summed E-state index contributed by atoms with van der Waals surface area (Å²) in [5.41, 5.74) is -2.03. The highest BCUT2D eigenvalue weighted by molar-refractivity contribution is 9.10. The minimum absolute atomic E-state index is 0.0897. The van der Waals surface area contributed by atoms with E-state index in [4.69, 9.17) is 21.6 Å². The number of hydrogen-bond acceptors (Lipinski definition) is 7. The number of rotatable bonds is 4. The summed E-state index contributed by atoms with van der Waals surface area (Å²) in [6, 6.07) is 4.43. The zero-order chi connectivity index (χ0) is 21.3. The van der Waals surface area contributed by atoms with Gasteiger partial charge in [-0.25, -0.2) is 9.78 Å². The van der Waals surface area contributed by atoms with Gasteiger partial charge in [0, 0.05) is 5.92 Å². The summed E-state index contributed by atoms with van der Waals surface area (Å²) < 4.78 is 6.87. The van der Waals surface area contributed by atoms with Crippen molar-refractivity contribution in [3.05, 3.63) is 70.4 Å². The van der Waals surface area contributed by atoms with Crippen LogP contribution in [0.5, 0.6) is 11.6 Å². The van der Waals surface area contributed by atoms with E-state index in [-0.39, 0.29) is 33.8 Å². The first kappa shape index (κ1) is 20.5. The average Bonchev–Trinajstić information content (AvgIpc) is 2.65. The molecule has 0 atom stereocenters. The third-order valence-electron chi connectivity index (χ3n) is 3.70. The Labute approximate surface area is 175 Å². The van der Waals surface area contributed by atoms with Gasteiger partial charge in [-0.1, -0.05) is 25.4 Å². The van der Waals surface area contributed by atoms with E-state index in [1.165, 1.54) is 18.3 Å². The van der Waals surface area contributed by atoms with E-state index < -0.39 is 16.9 Å². The molecule has 0 aliphatic heterocycles. The maximum atomic E-state index is 12.0. The Bertz CT molecular complexity index is 1300. The molecule has 10 nitrogen and oxygen atoms in total. The molecule has 0 spiro atoms. The number of benzene rings is 1. The summed E-state index contributed by atoms with van der Waals surface area (Å²) in [6.45, 7) is 3.65. The van der Waals surface area contributed by atoms with E-state index in [0.717, 1.165) is 4.68 Å². The molecular formula is C17H12BrClN6O4. The maximum Gasteiger partial charge on any atom is 0.349 e. The van der Waals surface area contributed by atoms with Gasteiger partial charge in [0.2, 0.25) is 11.6 Å². The van der Waals surface area contributed by atoms with Crippen LogP contribution in [0.1, 0.15) is 31.2 Å². The van der Waals surface area contributed by atoms with Crippen LogP contribution in [0.3, 0.4) is 0 Å². The van der Waals surface area contributed by atoms with Crippen LogP contribution >= 0.6 is 27.5 Å². The van der Waals surface area contributed by atoms with E-state index in [1.54, 1.807) is 6.07 Å². The van der Waals surface area contributed by atoms with Crippen LogP contribution in [0.15, 0.2) is 37.2 Å². The molecule has 3 rings (SSSR count). The van der Waals surface area contributed by atoms with Crippen LogP contribution in [-0.4, -0.2) is 24.7 Å². The molecule has 0 amide bonds. The van der Waals surface area contributed by atoms with Crippen molar-refractivity contribution in [2.75, 3.05) is 0 Å². The number of halogens is 2. The fourth-order valence-corrected chi connectivity index (χ4v) is 3.26. The molecule has 3 aromatic rings. The third-order valence-corrected chi connectivity index (χ3v) is 4.57. The number of ether oxygens (including phenoxy) is 1. The van der Waals surface area contributed by atoms with Gasteiger partial charge in [0.15, 0.2) is 5.75 Å². The van der Waals surface area contributed by atoms with E-state index in [1.807, 2.05) is 18.8 Å². The molecule has 2 aromatic heterocycles. The third kappa shape index (κ3) is 4.13. The first-order valence-electron chi connectivity index (χ1n) is 8.12. The predicted molar refractivity (Wildman–Crippen MR) is 107 cm³/mol. The number of nitrogens with zero attached hydrogens (tertiary/aromatic N) is 4. The van der Waals surface area contributed by atoms with Gasteiger partial charge in [0.25, 0.3) is 11.1 Å². The summed E-state index contributed by atoms with van der Waals surface area (Å²) >= 11 is 9.59. The highest BCUT2D eigenvalue weighted by Crippen LogP contribution is 2.37. The zero-order valence-corrected chi connectivity index (χ0v) is 17.3. The molecule has 0 unspecified atom stereocenters. The SMILES string of the molecule is CC(C)c1nc(Oc2c(Cl)cc(-n3nc(C#N)c(=O)[nH]c3=O)cc2Br)c[nH]c1=O. The summed E-state index contributed by atoms with van der Waals surface area (Å²) in [5.74, 6) is 0.188. The molecule has 29 heavy (non-hydrogen) atoms. The fraction of sp³-hybridized carbons (Fsp3) is 0.176. The summed E-state index contributed by atoms with van der Waals surface area (Å²) in [5, 5.41) is 12.8. The molecule has 0 bridgehead atoms. The number of aromatic amines is 2. The summed E-state index contributed by atoms with van der Waals surface area (Å²) in [7, 11) is 0. The first-order chi connectivity index (χ1) is 13.7. The summed E-state index contributed by atoms with van der Waals surface area (Å²) in [6.07, 6.45) is 1.30. The number of H-pyrrole nitrogens is 2. The zero-order valence-electron chi connectivity index (χ0n) is 15.0. The molecular weight excluding hydrogens is 468 g/mol. The van der Waals surface area contributed by atoms with Crippen LogP contribution in [0.4, 0.5) is 0 Å². The molecule has 0 saturated carbocycles. The van der Waals surface area contributed by atoms with Gasteiger partial charge >= 0.3 is 5.69 Å². The number of nitriles is 1. The average molecular weight is 480 g/mol. The highest BCUT2D eigenvalue weighted by atomic mass is 79.9. The van der Waals surface area contributed by atoms with Crippen LogP contribution in [0, 0.1) is 11.3 Å². The van der Waals surface area contributed by atoms with Crippen LogP contribution in [0.2, 0.25) is 5.02 Å². The maximum absolute atomic E-state index is 12.0. The molecule has 2 heterocycles. The second-order valence-electron chi connectivity index (χ2n) is 6.08. The second-order valence-corrected chi connectivity index (χ2v) is 7.34. The Morgan fingerprint density at radius 3 is 2.62 bits per heavy atom. The lowest BCUT2D eigenvalue weighted by Gasteiger charge is -2.12. The molecule has 0 aliphatic carbocycles. The Morgan fingerprint density at radius 2 is 2.00 bits per heavy atom. The quantitative estimate of drug-likeness (QED) is 0.583. The van der Waals surface area contributed by atoms with Crippen LogP contribution in [0.25, 0.3) is 5.69 Å². The van der Waals surface area contributed by atoms with Gasteiger partial charge in [-0.2, -0.15) is 9.94 Å². The smallest absolute Gasteiger partial charge is 0.349 e. The molecule has 12 heteroatoms. The van der Waals surface area contributed by atoms with E-state index in [9.17, 15) is 14.4 Å². The van der Waals surface area contributed by atoms with Crippen molar-refractivity contribution in [3.63, 3.8) is 0 Å². The lowest BCUT2D eigenvalue weighted by Crippen LogP contribution is -2.33. The fourth-order valence-electron chi connectivity index (χ4n) is 2.37. The lowest BCUT2D eigenvalue weighted by molar-refractivity contribution is 0.452. The molecule has 0 aliphatic rings. The van der Waals surface area contributed by atoms with Gasteiger partial charge in [-0.3, -0.25) is 14.6 Å². The highest BCUT2D eigenvalue weighted by Gasteiger charge is 2.16. The molecule has 148 valence electrons. The van der Waals surface area contributed by atoms with Crippen molar-refractivity contribution in [1.82, 2.24) is 24.7 Å². The Balaban J connectivity index is 2.05. The Kier molecular flexibility index (Phi) is 5.67. The normalized spacial score (nSPS) is 10.8. The molecule has 0 saturated heterocycles. The number of nitrogens with one attached hydrogen (secondary N) is 2. The van der Waals surface area contributed by atoms with Crippen molar-refractivity contribution in [2.45, 2.75) is 19.8 Å². The van der Waals surface area contributed by atoms with E-state index >= 15 is 0 Å². The number of aromatic nitrogens is 5. The molecule has 0 radical (unpaired) electrons. The first-order valence-corrected chi connectivity index (χ1v) is 9.29. The molecule has 1 aromatic carbocycles. The van der Waals surface area contributed by atoms with E-state index in [2.05, 4.69) is 31.0 Å². The van der Waals surface area contributed by atoms with Crippen molar-refractivity contribution >= 4 is 27.5 Å². The number of hydrogen-bond donors (Lipinski definition) is 2. The standard InChI is InChI=1S/C17H12BrClN6O4/c1-7(2)13-16(27)21-6-12(22-13)29-14-9(18)3-8(4-10(14)19)25-17(28)23-15(26)11(5-20)24-25/h3-4,6-7H,1-2H3,(H,21,27)(H,23,26,28). The van der Waals surface area contributed by atoms with Crippen LogP contribution < -0.4 is 21.5 Å². The monoisotopic (exact) mass is 478 g/mol. The topological polar surface area (TPSA) is 147 Å². The minimum Gasteiger partial charge on any atom is -0.435 e. The lowest BCUT2D eigenvalue weighted by atomic mass is 10.1. The minimum atomic E-state index is -0.885. The van der Waals surface area contributed by atoms with Crippen molar-refractivity contribution in [3.8, 4) is 23.4 Å². The van der Waals surface area contributed by atoms with Gasteiger partial charge in [-0.15, -0.1) is 5.10 Å². The van der Waals surface area contributed by atoms with Crippen molar-refractivity contribution < 1.29 is 4.74 Å². The molecule has 0 fully saturated rings.